The second kappa shape index (κ2) is 10.2. The molecule has 2 atom stereocenters. The van der Waals surface area contributed by atoms with Gasteiger partial charge < -0.3 is 10.1 Å². The van der Waals surface area contributed by atoms with Crippen molar-refractivity contribution in [2.24, 2.45) is 5.92 Å². The molecule has 0 radical (unpaired) electrons. The highest BCUT2D eigenvalue weighted by Crippen LogP contribution is 2.27. The second-order valence-electron chi connectivity index (χ2n) is 7.93. The summed E-state index contributed by atoms with van der Waals surface area (Å²) >= 11 is 0. The number of hydrogen-bond acceptors (Lipinski definition) is 5. The summed E-state index contributed by atoms with van der Waals surface area (Å²) in [6.45, 7) is 4.79. The fourth-order valence-corrected chi connectivity index (χ4v) is 4.17. The van der Waals surface area contributed by atoms with Gasteiger partial charge in [0.25, 0.3) is 5.91 Å². The van der Waals surface area contributed by atoms with Crippen LogP contribution in [0.4, 0.5) is 0 Å². The quantitative estimate of drug-likeness (QED) is 0.526. The third-order valence-corrected chi connectivity index (χ3v) is 5.70. The van der Waals surface area contributed by atoms with Gasteiger partial charge in [0, 0.05) is 24.4 Å². The van der Waals surface area contributed by atoms with Crippen molar-refractivity contribution >= 4 is 22.8 Å². The number of aryl methyl sites for hydroxylation is 2. The Morgan fingerprint density at radius 1 is 1.30 bits per heavy atom. The number of amides is 1. The van der Waals surface area contributed by atoms with E-state index in [0.29, 0.717) is 25.3 Å². The SMILES string of the molecule is CCOC(=O)C1CCCCC1NC(=O)c1nn(CCCCC#N)c2ccc(C)cc12. The first-order valence-electron chi connectivity index (χ1n) is 10.9. The van der Waals surface area contributed by atoms with Crippen LogP contribution in [0.2, 0.25) is 0 Å². The molecule has 1 aliphatic rings. The van der Waals surface area contributed by atoms with Gasteiger partial charge in [0.15, 0.2) is 5.69 Å². The van der Waals surface area contributed by atoms with Gasteiger partial charge in [0.2, 0.25) is 0 Å². The fraction of sp³-hybridized carbons (Fsp3) is 0.565. The maximum Gasteiger partial charge on any atom is 0.311 e. The molecule has 1 aromatic heterocycles. The summed E-state index contributed by atoms with van der Waals surface area (Å²) < 4.78 is 7.07. The molecule has 1 fully saturated rings. The molecule has 0 aliphatic heterocycles. The van der Waals surface area contributed by atoms with Gasteiger partial charge >= 0.3 is 5.97 Å². The molecule has 2 unspecified atom stereocenters. The molecule has 1 amide bonds. The van der Waals surface area contributed by atoms with Crippen molar-refractivity contribution in [3.05, 3.63) is 29.5 Å². The molecule has 7 heteroatoms. The minimum Gasteiger partial charge on any atom is -0.466 e. The van der Waals surface area contributed by atoms with E-state index in [-0.39, 0.29) is 23.8 Å². The molecule has 1 aliphatic carbocycles. The van der Waals surface area contributed by atoms with Gasteiger partial charge in [-0.05, 0) is 51.7 Å². The average Bonchev–Trinajstić information content (AvgIpc) is 3.09. The molecule has 1 N–H and O–H groups in total. The number of nitrogens with zero attached hydrogens (tertiary/aromatic N) is 3. The van der Waals surface area contributed by atoms with Crippen molar-refractivity contribution in [2.75, 3.05) is 6.61 Å². The molecule has 0 saturated heterocycles. The topological polar surface area (TPSA) is 97.0 Å². The van der Waals surface area contributed by atoms with Crippen LogP contribution in [0.3, 0.4) is 0 Å². The van der Waals surface area contributed by atoms with Gasteiger partial charge in [0.1, 0.15) is 0 Å². The van der Waals surface area contributed by atoms with Gasteiger partial charge in [0.05, 0.1) is 24.1 Å². The lowest BCUT2D eigenvalue weighted by molar-refractivity contribution is -0.150. The number of fused-ring (bicyclic) bond motifs is 1. The van der Waals surface area contributed by atoms with Crippen LogP contribution in [0.15, 0.2) is 18.2 Å². The van der Waals surface area contributed by atoms with Gasteiger partial charge in [-0.3, -0.25) is 14.3 Å². The molecule has 1 aromatic carbocycles. The van der Waals surface area contributed by atoms with Crippen LogP contribution in [0.25, 0.3) is 10.9 Å². The van der Waals surface area contributed by atoms with Crippen LogP contribution >= 0.6 is 0 Å². The van der Waals surface area contributed by atoms with Crippen LogP contribution < -0.4 is 5.32 Å². The number of carbonyl (C=O) groups excluding carboxylic acids is 2. The van der Waals surface area contributed by atoms with Gasteiger partial charge in [-0.15, -0.1) is 0 Å². The zero-order valence-electron chi connectivity index (χ0n) is 17.8. The minimum atomic E-state index is -0.302. The van der Waals surface area contributed by atoms with Crippen molar-refractivity contribution in [3.63, 3.8) is 0 Å². The average molecular weight is 411 g/mol. The summed E-state index contributed by atoms with van der Waals surface area (Å²) in [4.78, 5) is 25.5. The molecule has 30 heavy (non-hydrogen) atoms. The molecule has 160 valence electrons. The standard InChI is InChI=1S/C23H30N4O3/c1-3-30-23(29)17-9-5-6-10-19(17)25-22(28)21-18-15-16(2)11-12-20(18)27(26-21)14-8-4-7-13-24/h11-12,15,17,19H,3-10,14H2,1-2H3,(H,25,28). The van der Waals surface area contributed by atoms with E-state index in [1.165, 1.54) is 0 Å². The number of hydrogen-bond donors (Lipinski definition) is 1. The maximum atomic E-state index is 13.2. The van der Waals surface area contributed by atoms with Gasteiger partial charge in [-0.25, -0.2) is 0 Å². The van der Waals surface area contributed by atoms with Gasteiger partial charge in [-0.1, -0.05) is 24.5 Å². The molecule has 1 saturated carbocycles. The smallest absolute Gasteiger partial charge is 0.311 e. The van der Waals surface area contributed by atoms with Crippen LogP contribution in [-0.2, 0) is 16.1 Å². The van der Waals surface area contributed by atoms with Crippen LogP contribution in [0.1, 0.15) is 67.9 Å². The Bertz CT molecular complexity index is 944. The lowest BCUT2D eigenvalue weighted by atomic mass is 9.84. The third-order valence-electron chi connectivity index (χ3n) is 5.70. The highest BCUT2D eigenvalue weighted by atomic mass is 16.5. The number of unbranched alkanes of at least 4 members (excludes halogenated alkanes) is 2. The van der Waals surface area contributed by atoms with Crippen molar-refractivity contribution < 1.29 is 14.3 Å². The predicted octanol–water partition coefficient (Wildman–Crippen LogP) is 3.89. The summed E-state index contributed by atoms with van der Waals surface area (Å²) in [7, 11) is 0. The van der Waals surface area contributed by atoms with Crippen molar-refractivity contribution in [1.29, 1.82) is 5.26 Å². The fourth-order valence-electron chi connectivity index (χ4n) is 4.17. The summed E-state index contributed by atoms with van der Waals surface area (Å²) in [5, 5.41) is 17.2. The number of carbonyl (C=O) groups is 2. The number of rotatable bonds is 8. The molecule has 7 nitrogen and oxygen atoms in total. The van der Waals surface area contributed by atoms with Crippen LogP contribution in [0, 0.1) is 24.2 Å². The lowest BCUT2D eigenvalue weighted by Crippen LogP contribution is -2.45. The number of aromatic nitrogens is 2. The Balaban J connectivity index is 1.82. The first-order valence-corrected chi connectivity index (χ1v) is 10.9. The molecule has 2 aromatic rings. The Labute approximate surface area is 177 Å². The summed E-state index contributed by atoms with van der Waals surface area (Å²) in [6.07, 6.45) is 5.59. The summed E-state index contributed by atoms with van der Waals surface area (Å²) in [5.41, 5.74) is 2.36. The molecular formula is C23H30N4O3. The Kier molecular flexibility index (Phi) is 7.45. The van der Waals surface area contributed by atoms with E-state index in [4.69, 9.17) is 10.00 Å². The van der Waals surface area contributed by atoms with Crippen LogP contribution in [0.5, 0.6) is 0 Å². The number of nitriles is 1. The Hall–Kier alpha value is -2.88. The molecule has 1 heterocycles. The molecular weight excluding hydrogens is 380 g/mol. The van der Waals surface area contributed by atoms with Crippen LogP contribution in [-0.4, -0.2) is 34.3 Å². The van der Waals surface area contributed by atoms with Crippen molar-refractivity contribution in [2.45, 2.75) is 71.4 Å². The maximum absolute atomic E-state index is 13.2. The predicted molar refractivity (Wildman–Crippen MR) is 114 cm³/mol. The van der Waals surface area contributed by atoms with Gasteiger partial charge in [-0.2, -0.15) is 10.4 Å². The van der Waals surface area contributed by atoms with E-state index >= 15 is 0 Å². The van der Waals surface area contributed by atoms with E-state index in [1.54, 1.807) is 6.92 Å². The Morgan fingerprint density at radius 2 is 2.10 bits per heavy atom. The zero-order chi connectivity index (χ0) is 21.5. The number of esters is 1. The zero-order valence-corrected chi connectivity index (χ0v) is 17.8. The molecule has 3 rings (SSSR count). The van der Waals surface area contributed by atoms with E-state index in [2.05, 4.69) is 16.5 Å². The monoisotopic (exact) mass is 410 g/mol. The third kappa shape index (κ3) is 4.99. The van der Waals surface area contributed by atoms with Crippen molar-refractivity contribution in [3.8, 4) is 6.07 Å². The highest BCUT2D eigenvalue weighted by Gasteiger charge is 2.34. The highest BCUT2D eigenvalue weighted by molar-refractivity contribution is 6.05. The summed E-state index contributed by atoms with van der Waals surface area (Å²) in [5.74, 6) is -0.780. The minimum absolute atomic E-state index is 0.230. The number of nitrogens with one attached hydrogen (secondary N) is 1. The molecule has 0 spiro atoms. The van der Waals surface area contributed by atoms with E-state index in [9.17, 15) is 9.59 Å². The molecule has 0 bridgehead atoms. The largest absolute Gasteiger partial charge is 0.466 e. The first kappa shape index (κ1) is 21.8. The normalized spacial score (nSPS) is 18.7. The number of benzene rings is 1. The van der Waals surface area contributed by atoms with E-state index in [0.717, 1.165) is 55.0 Å². The number of ether oxygens (including phenoxy) is 1. The first-order chi connectivity index (χ1) is 14.5. The van der Waals surface area contributed by atoms with E-state index in [1.807, 2.05) is 29.8 Å². The second-order valence-corrected chi connectivity index (χ2v) is 7.93. The lowest BCUT2D eigenvalue weighted by Gasteiger charge is -2.30. The Morgan fingerprint density at radius 3 is 2.87 bits per heavy atom. The van der Waals surface area contributed by atoms with Crippen molar-refractivity contribution in [1.82, 2.24) is 15.1 Å². The van der Waals surface area contributed by atoms with E-state index < -0.39 is 0 Å². The summed E-state index contributed by atoms with van der Waals surface area (Å²) in [6, 6.07) is 7.90.